The molecule has 0 spiro atoms. The highest BCUT2D eigenvalue weighted by Crippen LogP contribution is 2.53. The summed E-state index contributed by atoms with van der Waals surface area (Å²) in [7, 11) is 0. The molecule has 0 saturated carbocycles. The van der Waals surface area contributed by atoms with Crippen LogP contribution in [0.15, 0.2) is 158 Å². The molecule has 15 aromatic rings. The topological polar surface area (TPSA) is 52.9 Å². The van der Waals surface area contributed by atoms with E-state index in [0.717, 1.165) is 44.3 Å². The summed E-state index contributed by atoms with van der Waals surface area (Å²) >= 11 is 1.89. The third kappa shape index (κ3) is 3.41. The van der Waals surface area contributed by atoms with Gasteiger partial charge in [0.1, 0.15) is 0 Å². The summed E-state index contributed by atoms with van der Waals surface area (Å²) in [6.45, 7) is 0. The largest absolute Gasteiger partial charge is 0.309 e. The van der Waals surface area contributed by atoms with Gasteiger partial charge >= 0.3 is 0 Å². The Morgan fingerprint density at radius 2 is 0.966 bits per heavy atom. The number of hydrogen-bond donors (Lipinski definition) is 0. The van der Waals surface area contributed by atoms with Crippen molar-refractivity contribution in [3.05, 3.63) is 158 Å². The lowest BCUT2D eigenvalue weighted by atomic mass is 10.0. The van der Waals surface area contributed by atoms with Crippen LogP contribution in [-0.4, -0.2) is 28.5 Å². The molecule has 7 heterocycles. The molecule has 0 bridgehead atoms. The number of fused-ring (bicyclic) bond motifs is 5. The van der Waals surface area contributed by atoms with Crippen LogP contribution < -0.4 is 0 Å². The molecule has 8 aromatic carbocycles. The highest BCUT2D eigenvalue weighted by atomic mass is 32.1. The summed E-state index contributed by atoms with van der Waals surface area (Å²) in [5.41, 5.74) is 11.3. The van der Waals surface area contributed by atoms with E-state index in [0.29, 0.717) is 17.6 Å². The van der Waals surface area contributed by atoms with Crippen molar-refractivity contribution in [2.45, 2.75) is 0 Å². The first-order valence-corrected chi connectivity index (χ1v) is 20.4. The van der Waals surface area contributed by atoms with E-state index in [1.54, 1.807) is 0 Å². The summed E-state index contributed by atoms with van der Waals surface area (Å²) in [5, 5.41) is 12.7. The maximum absolute atomic E-state index is 5.52. The van der Waals surface area contributed by atoms with E-state index in [1.165, 1.54) is 74.4 Å². The molecule has 0 radical (unpaired) electrons. The van der Waals surface area contributed by atoms with Crippen molar-refractivity contribution in [2.24, 2.45) is 0 Å². The SMILES string of the molecule is c1ccc(-c2nc(-c3cccc4c5ccccc5n(-c5ccccc5)c34)nc(-n3c4ccc5sc6ccc7c8cccc9c%10ccc3c3c4c5c6c7n(c89)c%103)n2)cc1. The zero-order chi connectivity index (χ0) is 37.4. The van der Waals surface area contributed by atoms with Crippen molar-refractivity contribution in [1.82, 2.24) is 28.5 Å². The van der Waals surface area contributed by atoms with Gasteiger partial charge in [-0.15, -0.1) is 11.3 Å². The monoisotopic (exact) mass is 754 g/mol. The average molecular weight is 755 g/mol. The molecule has 0 N–H and O–H groups in total. The number of thiophene rings is 1. The van der Waals surface area contributed by atoms with Crippen LogP contribution in [0.3, 0.4) is 0 Å². The fourth-order valence-corrected chi connectivity index (χ4v) is 11.6. The minimum atomic E-state index is 0.598. The first kappa shape index (κ1) is 29.6. The standard InChI is InChI=1S/C51H26N6S/c1-3-11-27(12-4-1)49-52-50(35-19-10-16-30-29-15-7-8-20-36(29)55(46(30)35)28-13-5-2-6-14-28)54-51(53-49)56-37-24-26-39-43-41(37)42-38(56)23-21-33-31-17-9-18-32-34-22-25-40(58-39)44(43)48(34)57(45(31)32)47(33)42/h1-26H. The molecule has 7 heteroatoms. The number of rotatable bonds is 4. The molecule has 0 amide bonds. The predicted molar refractivity (Wildman–Crippen MR) is 240 cm³/mol. The van der Waals surface area contributed by atoms with Gasteiger partial charge in [-0.25, -0.2) is 4.98 Å². The first-order valence-electron chi connectivity index (χ1n) is 19.6. The van der Waals surface area contributed by atoms with Gasteiger partial charge in [-0.2, -0.15) is 9.97 Å². The highest BCUT2D eigenvalue weighted by molar-refractivity contribution is 7.26. The quantitative estimate of drug-likeness (QED) is 0.180. The van der Waals surface area contributed by atoms with Gasteiger partial charge in [-0.3, -0.25) is 4.57 Å². The summed E-state index contributed by atoms with van der Waals surface area (Å²) in [4.78, 5) is 16.2. The third-order valence-electron chi connectivity index (χ3n) is 12.7. The van der Waals surface area contributed by atoms with Crippen LogP contribution in [0.5, 0.6) is 0 Å². The van der Waals surface area contributed by atoms with Crippen LogP contribution >= 0.6 is 11.3 Å². The molecule has 0 aliphatic carbocycles. The lowest BCUT2D eigenvalue weighted by Gasteiger charge is -2.13. The maximum atomic E-state index is 5.52. The smallest absolute Gasteiger partial charge is 0.238 e. The molecule has 0 saturated heterocycles. The Labute approximate surface area is 332 Å². The third-order valence-corrected chi connectivity index (χ3v) is 13.9. The summed E-state index contributed by atoms with van der Waals surface area (Å²) < 4.78 is 9.84. The van der Waals surface area contributed by atoms with Crippen molar-refractivity contribution in [3.63, 3.8) is 0 Å². The van der Waals surface area contributed by atoms with E-state index in [1.807, 2.05) is 17.4 Å². The van der Waals surface area contributed by atoms with Crippen LogP contribution in [-0.2, 0) is 0 Å². The maximum Gasteiger partial charge on any atom is 0.238 e. The van der Waals surface area contributed by atoms with Crippen LogP contribution in [0.4, 0.5) is 0 Å². The molecule has 6 nitrogen and oxygen atoms in total. The molecule has 15 rings (SSSR count). The molecule has 266 valence electrons. The van der Waals surface area contributed by atoms with E-state index in [9.17, 15) is 0 Å². The van der Waals surface area contributed by atoms with Gasteiger partial charge in [0.05, 0.1) is 38.6 Å². The van der Waals surface area contributed by atoms with E-state index in [2.05, 4.69) is 165 Å². The summed E-state index contributed by atoms with van der Waals surface area (Å²) in [6.07, 6.45) is 0. The minimum absolute atomic E-state index is 0.598. The molecule has 0 unspecified atom stereocenters. The second kappa shape index (κ2) is 10.2. The Morgan fingerprint density at radius 1 is 0.362 bits per heavy atom. The van der Waals surface area contributed by atoms with Crippen molar-refractivity contribution < 1.29 is 0 Å². The van der Waals surface area contributed by atoms with Gasteiger partial charge in [-0.1, -0.05) is 109 Å². The Kier molecular flexibility index (Phi) is 5.22. The van der Waals surface area contributed by atoms with Gasteiger partial charge in [-0.05, 0) is 48.5 Å². The van der Waals surface area contributed by atoms with E-state index in [4.69, 9.17) is 15.0 Å². The second-order valence-electron chi connectivity index (χ2n) is 15.5. The van der Waals surface area contributed by atoms with E-state index in [-0.39, 0.29) is 0 Å². The van der Waals surface area contributed by atoms with Gasteiger partial charge < -0.3 is 8.97 Å². The molecule has 58 heavy (non-hydrogen) atoms. The molecule has 0 fully saturated rings. The molecule has 7 aromatic heterocycles. The Bertz CT molecular complexity index is 4130. The zero-order valence-electron chi connectivity index (χ0n) is 30.6. The lowest BCUT2D eigenvalue weighted by molar-refractivity contribution is 0.954. The number of aromatic nitrogens is 6. The number of nitrogens with zero attached hydrogens (tertiary/aromatic N) is 6. The number of hydrogen-bond acceptors (Lipinski definition) is 4. The number of para-hydroxylation sites is 4. The summed E-state index contributed by atoms with van der Waals surface area (Å²) in [6, 6.07) is 56.7. The van der Waals surface area contributed by atoms with Gasteiger partial charge in [0.2, 0.25) is 5.95 Å². The Balaban J connectivity index is 1.12. The molecule has 0 aliphatic heterocycles. The van der Waals surface area contributed by atoms with Crippen LogP contribution in [0.1, 0.15) is 0 Å². The second-order valence-corrected chi connectivity index (χ2v) is 16.6. The predicted octanol–water partition coefficient (Wildman–Crippen LogP) is 13.2. The zero-order valence-corrected chi connectivity index (χ0v) is 31.4. The van der Waals surface area contributed by atoms with Crippen LogP contribution in [0, 0.1) is 0 Å². The molecule has 0 atom stereocenters. The van der Waals surface area contributed by atoms with Crippen molar-refractivity contribution in [1.29, 1.82) is 0 Å². The van der Waals surface area contributed by atoms with Crippen molar-refractivity contribution in [2.75, 3.05) is 0 Å². The normalized spacial score (nSPS) is 12.8. The molecular formula is C51H26N6S. The number of benzene rings is 8. The first-order chi connectivity index (χ1) is 28.8. The summed E-state index contributed by atoms with van der Waals surface area (Å²) in [5.74, 6) is 1.86. The van der Waals surface area contributed by atoms with E-state index < -0.39 is 0 Å². The lowest BCUT2D eigenvalue weighted by Crippen LogP contribution is -2.07. The highest BCUT2D eigenvalue weighted by Gasteiger charge is 2.30. The van der Waals surface area contributed by atoms with Gasteiger partial charge in [0.25, 0.3) is 0 Å². The fourth-order valence-electron chi connectivity index (χ4n) is 10.5. The van der Waals surface area contributed by atoms with Crippen LogP contribution in [0.25, 0.3) is 136 Å². The Hall–Kier alpha value is -7.61. The van der Waals surface area contributed by atoms with E-state index >= 15 is 0 Å². The van der Waals surface area contributed by atoms with Gasteiger partial charge in [0.15, 0.2) is 11.6 Å². The fraction of sp³-hybridized carbons (Fsp3) is 0. The minimum Gasteiger partial charge on any atom is -0.309 e. The molecule has 0 aliphatic rings. The average Bonchev–Trinajstić information content (AvgIpc) is 4.06. The van der Waals surface area contributed by atoms with Crippen LogP contribution in [0.2, 0.25) is 0 Å². The Morgan fingerprint density at radius 3 is 1.81 bits per heavy atom. The molecular weight excluding hydrogens is 729 g/mol. The van der Waals surface area contributed by atoms with Crippen molar-refractivity contribution in [3.8, 4) is 34.4 Å². The van der Waals surface area contributed by atoms with Gasteiger partial charge in [0, 0.05) is 80.1 Å². The van der Waals surface area contributed by atoms with Crippen molar-refractivity contribution >= 4 is 113 Å².